The minimum absolute atomic E-state index is 0.338. The van der Waals surface area contributed by atoms with Crippen molar-refractivity contribution in [2.24, 2.45) is 17.6 Å². The molecule has 0 aromatic rings. The first-order valence-corrected chi connectivity index (χ1v) is 9.57. The third-order valence-electron chi connectivity index (χ3n) is 4.57. The van der Waals surface area contributed by atoms with Crippen molar-refractivity contribution >= 4 is 29.7 Å². The van der Waals surface area contributed by atoms with Crippen LogP contribution in [0.4, 0.5) is 0 Å². The van der Waals surface area contributed by atoms with E-state index in [9.17, 15) is 24.0 Å². The predicted octanol–water partition coefficient (Wildman–Crippen LogP) is -1.98. The minimum atomic E-state index is -1.67. The van der Waals surface area contributed by atoms with Crippen molar-refractivity contribution in [1.29, 1.82) is 0 Å². The van der Waals surface area contributed by atoms with Crippen molar-refractivity contribution in [1.82, 2.24) is 16.0 Å². The number of hydrogen-bond acceptors (Lipinski definition) is 7. The molecule has 0 aliphatic heterocycles. The molecule has 0 aromatic carbocycles. The molecule has 5 atom stereocenters. The lowest BCUT2D eigenvalue weighted by molar-refractivity contribution is -0.147. The molecule has 0 aliphatic rings. The van der Waals surface area contributed by atoms with E-state index in [-0.39, 0.29) is 5.92 Å². The summed E-state index contributed by atoms with van der Waals surface area (Å²) in [6.45, 7) is 6.09. The van der Waals surface area contributed by atoms with Crippen LogP contribution in [0.25, 0.3) is 0 Å². The van der Waals surface area contributed by atoms with Gasteiger partial charge in [-0.2, -0.15) is 0 Å². The second-order valence-electron chi connectivity index (χ2n) is 7.39. The summed E-state index contributed by atoms with van der Waals surface area (Å²) in [4.78, 5) is 59.3. The maximum atomic E-state index is 12.8. The first-order valence-electron chi connectivity index (χ1n) is 9.57. The number of rotatable bonds is 13. The Bertz CT molecular complexity index is 640. The minimum Gasteiger partial charge on any atom is -0.481 e. The highest BCUT2D eigenvalue weighted by Gasteiger charge is 2.34. The van der Waals surface area contributed by atoms with Crippen molar-refractivity contribution in [2.75, 3.05) is 6.61 Å². The van der Waals surface area contributed by atoms with Crippen LogP contribution >= 0.6 is 0 Å². The van der Waals surface area contributed by atoms with E-state index in [4.69, 9.17) is 21.1 Å². The number of carboxylic acids is 2. The fourth-order valence-corrected chi connectivity index (χ4v) is 2.46. The second kappa shape index (κ2) is 12.8. The number of carboxylic acid groups (broad SMARTS) is 2. The van der Waals surface area contributed by atoms with Gasteiger partial charge >= 0.3 is 11.9 Å². The molecule has 12 nitrogen and oxygen atoms in total. The molecule has 30 heavy (non-hydrogen) atoms. The molecule has 0 radical (unpaired) electrons. The van der Waals surface area contributed by atoms with Crippen LogP contribution in [-0.2, 0) is 24.0 Å². The van der Waals surface area contributed by atoms with Crippen LogP contribution in [0.5, 0.6) is 0 Å². The smallest absolute Gasteiger partial charge is 0.326 e. The quantitative estimate of drug-likeness (QED) is 0.172. The summed E-state index contributed by atoms with van der Waals surface area (Å²) in [6, 6.07) is -5.12. The summed E-state index contributed by atoms with van der Waals surface area (Å²) in [5, 5.41) is 33.9. The van der Waals surface area contributed by atoms with E-state index in [1.165, 1.54) is 0 Å². The molecule has 0 saturated carbocycles. The van der Waals surface area contributed by atoms with Crippen LogP contribution in [0.2, 0.25) is 0 Å². The van der Waals surface area contributed by atoms with E-state index in [0.29, 0.717) is 6.42 Å². The number of carbonyl (C=O) groups excluding carboxylic acids is 3. The average Bonchev–Trinajstić information content (AvgIpc) is 2.66. The van der Waals surface area contributed by atoms with Crippen LogP contribution in [0, 0.1) is 11.8 Å². The molecule has 12 heteroatoms. The number of carbonyl (C=O) groups is 5. The standard InChI is InChI=1S/C18H32N4O8/c1-5-9(4)14(22-15(26)10(19)7-23)17(28)21-13(8(2)3)16(27)20-11(18(29)30)6-12(24)25/h8-11,13-14,23H,5-7,19H2,1-4H3,(H,20,27)(H,21,28)(H,22,26)(H,24,25)(H,29,30). The largest absolute Gasteiger partial charge is 0.481 e. The number of nitrogens with two attached hydrogens (primary N) is 1. The van der Waals surface area contributed by atoms with Gasteiger partial charge in [-0.3, -0.25) is 19.2 Å². The lowest BCUT2D eigenvalue weighted by Gasteiger charge is -2.29. The zero-order valence-corrected chi connectivity index (χ0v) is 17.5. The van der Waals surface area contributed by atoms with Crippen LogP contribution in [-0.4, -0.2) is 75.8 Å². The third-order valence-corrected chi connectivity index (χ3v) is 4.57. The van der Waals surface area contributed by atoms with E-state index in [1.54, 1.807) is 27.7 Å². The Morgan fingerprint density at radius 3 is 1.77 bits per heavy atom. The van der Waals surface area contributed by atoms with E-state index < -0.39 is 72.8 Å². The monoisotopic (exact) mass is 432 g/mol. The SMILES string of the molecule is CCC(C)C(NC(=O)C(N)CO)C(=O)NC(C(=O)NC(CC(=O)O)C(=O)O)C(C)C. The van der Waals surface area contributed by atoms with Crippen LogP contribution in [0.15, 0.2) is 0 Å². The first-order chi connectivity index (χ1) is 13.8. The molecular weight excluding hydrogens is 400 g/mol. The maximum Gasteiger partial charge on any atom is 0.326 e. The summed E-state index contributed by atoms with van der Waals surface area (Å²) in [5.74, 6) is -6.04. The van der Waals surface area contributed by atoms with Crippen molar-refractivity contribution in [3.05, 3.63) is 0 Å². The zero-order chi connectivity index (χ0) is 23.6. The van der Waals surface area contributed by atoms with Gasteiger partial charge in [0.1, 0.15) is 24.2 Å². The molecule has 3 amide bonds. The predicted molar refractivity (Wildman–Crippen MR) is 105 cm³/mol. The Kier molecular flexibility index (Phi) is 11.6. The van der Waals surface area contributed by atoms with E-state index in [2.05, 4.69) is 16.0 Å². The Morgan fingerprint density at radius 1 is 0.867 bits per heavy atom. The second-order valence-corrected chi connectivity index (χ2v) is 7.39. The highest BCUT2D eigenvalue weighted by atomic mass is 16.4. The van der Waals surface area contributed by atoms with Crippen molar-refractivity contribution in [2.45, 2.75) is 64.7 Å². The molecular formula is C18H32N4O8. The summed E-state index contributed by atoms with van der Waals surface area (Å²) in [6.07, 6.45) is -0.324. The molecule has 0 saturated heterocycles. The summed E-state index contributed by atoms with van der Waals surface area (Å²) < 4.78 is 0. The van der Waals surface area contributed by atoms with Gasteiger partial charge in [-0.25, -0.2) is 4.79 Å². The molecule has 0 aliphatic carbocycles. The number of aliphatic carboxylic acids is 2. The molecule has 172 valence electrons. The third kappa shape index (κ3) is 8.74. The van der Waals surface area contributed by atoms with Gasteiger partial charge < -0.3 is 37.0 Å². The van der Waals surface area contributed by atoms with Gasteiger partial charge in [-0.05, 0) is 11.8 Å². The van der Waals surface area contributed by atoms with Gasteiger partial charge in [-0.15, -0.1) is 0 Å². The maximum absolute atomic E-state index is 12.8. The molecule has 8 N–H and O–H groups in total. The summed E-state index contributed by atoms with van der Waals surface area (Å²) in [7, 11) is 0. The molecule has 0 spiro atoms. The van der Waals surface area contributed by atoms with Crippen molar-refractivity contribution < 1.29 is 39.3 Å². The number of amides is 3. The van der Waals surface area contributed by atoms with Crippen LogP contribution in [0.1, 0.15) is 40.5 Å². The Hall–Kier alpha value is -2.73. The van der Waals surface area contributed by atoms with E-state index >= 15 is 0 Å². The number of hydrogen-bond donors (Lipinski definition) is 7. The number of aliphatic hydroxyl groups excluding tert-OH is 1. The van der Waals surface area contributed by atoms with Gasteiger partial charge in [0.15, 0.2) is 0 Å². The van der Waals surface area contributed by atoms with Crippen LogP contribution < -0.4 is 21.7 Å². The highest BCUT2D eigenvalue weighted by Crippen LogP contribution is 2.11. The van der Waals surface area contributed by atoms with Gasteiger partial charge in [-0.1, -0.05) is 34.1 Å². The fourth-order valence-electron chi connectivity index (χ4n) is 2.46. The lowest BCUT2D eigenvalue weighted by atomic mass is 9.96. The van der Waals surface area contributed by atoms with Gasteiger partial charge in [0.25, 0.3) is 0 Å². The summed E-state index contributed by atoms with van der Waals surface area (Å²) in [5.41, 5.74) is 5.47. The molecule has 0 heterocycles. The van der Waals surface area contributed by atoms with E-state index in [0.717, 1.165) is 0 Å². The van der Waals surface area contributed by atoms with E-state index in [1.807, 2.05) is 0 Å². The Labute approximate surface area is 174 Å². The molecule has 0 rings (SSSR count). The zero-order valence-electron chi connectivity index (χ0n) is 17.5. The normalized spacial score (nSPS) is 16.0. The van der Waals surface area contributed by atoms with Crippen molar-refractivity contribution in [3.63, 3.8) is 0 Å². The molecule has 0 aromatic heterocycles. The topological polar surface area (TPSA) is 208 Å². The molecule has 0 bridgehead atoms. The molecule has 5 unspecified atom stereocenters. The fraction of sp³-hybridized carbons (Fsp3) is 0.722. The average molecular weight is 432 g/mol. The lowest BCUT2D eigenvalue weighted by Crippen LogP contribution is -2.60. The van der Waals surface area contributed by atoms with Gasteiger partial charge in [0.05, 0.1) is 13.0 Å². The van der Waals surface area contributed by atoms with Crippen LogP contribution in [0.3, 0.4) is 0 Å². The number of nitrogens with one attached hydrogen (secondary N) is 3. The Balaban J connectivity index is 5.46. The molecule has 0 fully saturated rings. The van der Waals surface area contributed by atoms with Gasteiger partial charge in [0.2, 0.25) is 17.7 Å². The highest BCUT2D eigenvalue weighted by molar-refractivity contribution is 5.94. The van der Waals surface area contributed by atoms with Crippen molar-refractivity contribution in [3.8, 4) is 0 Å². The summed E-state index contributed by atoms with van der Waals surface area (Å²) >= 11 is 0. The Morgan fingerprint density at radius 2 is 1.37 bits per heavy atom. The number of aliphatic hydroxyl groups is 1. The van der Waals surface area contributed by atoms with Gasteiger partial charge in [0, 0.05) is 0 Å². The first kappa shape index (κ1) is 27.3.